The van der Waals surface area contributed by atoms with E-state index in [4.69, 9.17) is 0 Å². The Hall–Kier alpha value is 0.400. The highest BCUT2D eigenvalue weighted by Gasteiger charge is 2.09. The highest BCUT2D eigenvalue weighted by molar-refractivity contribution is 14.2. The summed E-state index contributed by atoms with van der Waals surface area (Å²) in [6, 6.07) is 0. The van der Waals surface area contributed by atoms with Crippen molar-refractivity contribution in [2.24, 2.45) is 0 Å². The summed E-state index contributed by atoms with van der Waals surface area (Å²) in [6.45, 7) is 8.01. The van der Waals surface area contributed by atoms with Gasteiger partial charge in [-0.15, -0.1) is 0 Å². The zero-order chi connectivity index (χ0) is 9.72. The quantitative estimate of drug-likeness (QED) is 0.340. The third kappa shape index (κ3) is 3.42. The van der Waals surface area contributed by atoms with Crippen LogP contribution < -0.4 is 0 Å². The van der Waals surface area contributed by atoms with Crippen LogP contribution in [0.4, 0.5) is 0 Å². The Morgan fingerprint density at radius 3 is 2.08 bits per heavy atom. The topological polar surface area (TPSA) is 6.48 Å². The molecule has 1 unspecified atom stereocenters. The fourth-order valence-corrected chi connectivity index (χ4v) is 3.52. The van der Waals surface area contributed by atoms with E-state index in [2.05, 4.69) is 44.5 Å². The first-order valence-corrected chi connectivity index (χ1v) is 7.76. The average molecular weight is 298 g/mol. The Balaban J connectivity index is 4.58. The molecule has 0 aromatic carbocycles. The monoisotopic (exact) mass is 298 g/mol. The smallest absolute Gasteiger partial charge is 0.0605 e. The molecular weight excluding hydrogens is 282 g/mol. The normalized spacial score (nSPS) is 13.0. The number of hydrogen-bond donors (Lipinski definition) is 0. The van der Waals surface area contributed by atoms with Crippen molar-refractivity contribution in [3.05, 3.63) is 23.9 Å². The van der Waals surface area contributed by atoms with Gasteiger partial charge in [-0.05, 0) is 41.5 Å². The number of halogens is 1. The number of hydrogen-bond acceptors (Lipinski definition) is 2. The van der Waals surface area contributed by atoms with Crippen LogP contribution in [0.25, 0.3) is 0 Å². The standard InChI is InChI=1S/C8H16IN2P/c1-6-8(7(2)3)11(12-9)10(4)5/h6,12H,2H2,1,3-5H3/b8-6-. The molecule has 0 saturated heterocycles. The van der Waals surface area contributed by atoms with Gasteiger partial charge in [0.1, 0.15) is 0 Å². The van der Waals surface area contributed by atoms with Gasteiger partial charge in [-0.2, -0.15) is 0 Å². The maximum Gasteiger partial charge on any atom is 0.0605 e. The first-order chi connectivity index (χ1) is 5.54. The molecule has 0 amide bonds. The predicted octanol–water partition coefficient (Wildman–Crippen LogP) is 3.19. The van der Waals surface area contributed by atoms with Crippen molar-refractivity contribution in [1.82, 2.24) is 9.79 Å². The van der Waals surface area contributed by atoms with Crippen LogP contribution in [0, 0.1) is 0 Å². The van der Waals surface area contributed by atoms with Crippen LogP contribution in [0.3, 0.4) is 0 Å². The van der Waals surface area contributed by atoms with Crippen LogP contribution >= 0.6 is 28.4 Å². The van der Waals surface area contributed by atoms with Crippen molar-refractivity contribution in [2.45, 2.75) is 13.8 Å². The molecule has 0 bridgehead atoms. The molecule has 12 heavy (non-hydrogen) atoms. The Bertz CT molecular complexity index is 189. The summed E-state index contributed by atoms with van der Waals surface area (Å²) >= 11 is 2.37. The lowest BCUT2D eigenvalue weighted by Crippen LogP contribution is -2.28. The lowest BCUT2D eigenvalue weighted by Gasteiger charge is -2.30. The minimum Gasteiger partial charge on any atom is -0.279 e. The summed E-state index contributed by atoms with van der Waals surface area (Å²) < 4.78 is 2.20. The maximum absolute atomic E-state index is 3.94. The van der Waals surface area contributed by atoms with Crippen LogP contribution in [0.2, 0.25) is 0 Å². The molecule has 0 fully saturated rings. The number of hydrazine groups is 1. The van der Waals surface area contributed by atoms with Gasteiger partial charge >= 0.3 is 0 Å². The molecule has 70 valence electrons. The van der Waals surface area contributed by atoms with Crippen molar-refractivity contribution in [3.63, 3.8) is 0 Å². The second kappa shape index (κ2) is 5.95. The Labute approximate surface area is 90.0 Å². The Morgan fingerprint density at radius 2 is 2.00 bits per heavy atom. The zero-order valence-electron chi connectivity index (χ0n) is 8.06. The fourth-order valence-electron chi connectivity index (χ4n) is 0.886. The highest BCUT2D eigenvalue weighted by atomic mass is 127. The number of allylic oxidation sites excluding steroid dienone is 2. The highest BCUT2D eigenvalue weighted by Crippen LogP contribution is 2.34. The van der Waals surface area contributed by atoms with E-state index in [1.54, 1.807) is 0 Å². The molecule has 0 radical (unpaired) electrons. The van der Waals surface area contributed by atoms with Crippen LogP contribution in [0.1, 0.15) is 13.8 Å². The van der Waals surface area contributed by atoms with E-state index in [1.807, 2.05) is 27.9 Å². The lowest BCUT2D eigenvalue weighted by atomic mass is 10.2. The van der Waals surface area contributed by atoms with E-state index in [1.165, 1.54) is 5.70 Å². The van der Waals surface area contributed by atoms with Gasteiger partial charge in [-0.1, -0.05) is 12.7 Å². The molecule has 0 heterocycles. The van der Waals surface area contributed by atoms with Gasteiger partial charge in [0.25, 0.3) is 0 Å². The predicted molar refractivity (Wildman–Crippen MR) is 66.4 cm³/mol. The molecular formula is C8H16IN2P. The maximum atomic E-state index is 3.94. The van der Waals surface area contributed by atoms with Crippen LogP contribution in [-0.4, -0.2) is 23.9 Å². The number of nitrogens with zero attached hydrogens (tertiary/aromatic N) is 2. The van der Waals surface area contributed by atoms with E-state index in [0.717, 1.165) is 5.57 Å². The number of rotatable bonds is 4. The summed E-state index contributed by atoms with van der Waals surface area (Å²) in [5.41, 5.74) is 2.31. The van der Waals surface area contributed by atoms with Crippen molar-refractivity contribution >= 4 is 28.4 Å². The van der Waals surface area contributed by atoms with Crippen molar-refractivity contribution in [1.29, 1.82) is 0 Å². The fraction of sp³-hybridized carbons (Fsp3) is 0.500. The molecule has 0 N–H and O–H groups in total. The molecule has 0 rings (SSSR count). The summed E-state index contributed by atoms with van der Waals surface area (Å²) in [7, 11) is 4.08. The second-order valence-corrected chi connectivity index (χ2v) is 4.74. The van der Waals surface area contributed by atoms with Gasteiger partial charge in [0.2, 0.25) is 0 Å². The zero-order valence-corrected chi connectivity index (χ0v) is 11.2. The largest absolute Gasteiger partial charge is 0.279 e. The second-order valence-electron chi connectivity index (χ2n) is 2.70. The molecule has 1 atom stereocenters. The molecule has 0 aromatic heterocycles. The van der Waals surface area contributed by atoms with Crippen molar-refractivity contribution in [2.75, 3.05) is 14.1 Å². The van der Waals surface area contributed by atoms with E-state index >= 15 is 0 Å². The molecule has 0 aliphatic heterocycles. The Morgan fingerprint density at radius 1 is 1.50 bits per heavy atom. The third-order valence-electron chi connectivity index (χ3n) is 1.42. The van der Waals surface area contributed by atoms with Gasteiger partial charge in [0.15, 0.2) is 0 Å². The van der Waals surface area contributed by atoms with E-state index in [-0.39, 0.29) is 0 Å². The van der Waals surface area contributed by atoms with Crippen molar-refractivity contribution < 1.29 is 0 Å². The van der Waals surface area contributed by atoms with Gasteiger partial charge in [0.05, 0.1) is 12.1 Å². The lowest BCUT2D eigenvalue weighted by molar-refractivity contribution is 0.187. The molecule has 0 aliphatic rings. The molecule has 0 aliphatic carbocycles. The van der Waals surface area contributed by atoms with E-state index in [0.29, 0.717) is 6.37 Å². The summed E-state index contributed by atoms with van der Waals surface area (Å²) in [5, 5.41) is 2.08. The van der Waals surface area contributed by atoms with Crippen LogP contribution in [0.5, 0.6) is 0 Å². The summed E-state index contributed by atoms with van der Waals surface area (Å²) in [5.74, 6) is 0. The minimum absolute atomic E-state index is 0.709. The molecule has 4 heteroatoms. The molecule has 0 aromatic rings. The van der Waals surface area contributed by atoms with Gasteiger partial charge < -0.3 is 0 Å². The van der Waals surface area contributed by atoms with Crippen LogP contribution in [-0.2, 0) is 0 Å². The third-order valence-corrected chi connectivity index (χ3v) is 3.59. The van der Waals surface area contributed by atoms with Gasteiger partial charge in [-0.3, -0.25) is 4.78 Å². The van der Waals surface area contributed by atoms with Gasteiger partial charge in [0, 0.05) is 14.1 Å². The van der Waals surface area contributed by atoms with E-state index in [9.17, 15) is 0 Å². The van der Waals surface area contributed by atoms with Gasteiger partial charge in [-0.25, -0.2) is 5.01 Å². The summed E-state index contributed by atoms with van der Waals surface area (Å²) in [6.07, 6.45) is 2.80. The van der Waals surface area contributed by atoms with Crippen molar-refractivity contribution in [3.8, 4) is 0 Å². The minimum atomic E-state index is 0.709. The Kier molecular flexibility index (Phi) is 6.14. The molecule has 0 spiro atoms. The molecule has 2 nitrogen and oxygen atoms in total. The summed E-state index contributed by atoms with van der Waals surface area (Å²) in [4.78, 5) is 0. The van der Waals surface area contributed by atoms with Crippen LogP contribution in [0.15, 0.2) is 23.9 Å². The first-order valence-electron chi connectivity index (χ1n) is 3.70. The average Bonchev–Trinajstić information content (AvgIpc) is 1.98. The first kappa shape index (κ1) is 12.4. The molecule has 0 saturated carbocycles. The SMILES string of the molecule is C=C(C)/C(=C/C)N(PI)N(C)C. The van der Waals surface area contributed by atoms with E-state index < -0.39 is 0 Å².